The number of halogens is 1. The average molecular weight is 325 g/mol. The predicted molar refractivity (Wildman–Crippen MR) is 76.4 cm³/mol. The van der Waals surface area contributed by atoms with Crippen molar-refractivity contribution in [2.75, 3.05) is 0 Å². The van der Waals surface area contributed by atoms with Crippen molar-refractivity contribution < 1.29 is 14.7 Å². The molecule has 1 fully saturated rings. The fourth-order valence-electron chi connectivity index (χ4n) is 2.71. The molecule has 2 unspecified atom stereocenters. The van der Waals surface area contributed by atoms with Gasteiger partial charge in [-0.1, -0.05) is 15.9 Å². The molecule has 0 heterocycles. The second-order valence-electron chi connectivity index (χ2n) is 5.33. The van der Waals surface area contributed by atoms with Gasteiger partial charge < -0.3 is 5.11 Å². The molecule has 0 spiro atoms. The van der Waals surface area contributed by atoms with Crippen molar-refractivity contribution in [2.45, 2.75) is 33.1 Å². The quantitative estimate of drug-likeness (QED) is 0.861. The highest BCUT2D eigenvalue weighted by atomic mass is 79.9. The Kier molecular flexibility index (Phi) is 4.09. The number of ketones is 1. The second-order valence-corrected chi connectivity index (χ2v) is 6.18. The van der Waals surface area contributed by atoms with E-state index in [-0.39, 0.29) is 17.6 Å². The second kappa shape index (κ2) is 5.45. The van der Waals surface area contributed by atoms with Crippen molar-refractivity contribution in [1.29, 1.82) is 0 Å². The highest BCUT2D eigenvalue weighted by Gasteiger charge is 2.34. The molecule has 3 nitrogen and oxygen atoms in total. The van der Waals surface area contributed by atoms with E-state index in [4.69, 9.17) is 5.11 Å². The normalized spacial score (nSPS) is 22.5. The molecule has 2 atom stereocenters. The monoisotopic (exact) mass is 324 g/mol. The van der Waals surface area contributed by atoms with Gasteiger partial charge in [0.15, 0.2) is 5.78 Å². The van der Waals surface area contributed by atoms with Crippen LogP contribution in [0.25, 0.3) is 0 Å². The maximum atomic E-state index is 12.5. The third-order valence-corrected chi connectivity index (χ3v) is 4.78. The maximum absolute atomic E-state index is 12.5. The van der Waals surface area contributed by atoms with E-state index in [1.807, 2.05) is 26.0 Å². The molecular formula is C15H17BrO3. The predicted octanol–water partition coefficient (Wildman–Crippen LogP) is 3.75. The van der Waals surface area contributed by atoms with E-state index in [2.05, 4.69) is 15.9 Å². The van der Waals surface area contributed by atoms with Crippen LogP contribution in [0.3, 0.4) is 0 Å². The number of carboxylic acid groups (broad SMARTS) is 1. The summed E-state index contributed by atoms with van der Waals surface area (Å²) in [7, 11) is 0. The molecule has 1 N–H and O–H groups in total. The number of aryl methyl sites for hydroxylation is 2. The van der Waals surface area contributed by atoms with Crippen LogP contribution in [0.2, 0.25) is 0 Å². The molecule has 0 bridgehead atoms. The molecular weight excluding hydrogens is 308 g/mol. The molecule has 2 rings (SSSR count). The number of benzene rings is 1. The largest absolute Gasteiger partial charge is 0.481 e. The number of aliphatic carboxylic acids is 1. The van der Waals surface area contributed by atoms with Gasteiger partial charge in [0.1, 0.15) is 0 Å². The Balaban J connectivity index is 2.22. The molecule has 1 aliphatic rings. The van der Waals surface area contributed by atoms with E-state index in [9.17, 15) is 9.59 Å². The van der Waals surface area contributed by atoms with E-state index in [1.165, 1.54) is 0 Å². The lowest BCUT2D eigenvalue weighted by Gasteiger charge is -2.12. The van der Waals surface area contributed by atoms with Crippen LogP contribution >= 0.6 is 15.9 Å². The molecule has 1 aliphatic carbocycles. The summed E-state index contributed by atoms with van der Waals surface area (Å²) in [6.45, 7) is 3.87. The number of carbonyl (C=O) groups excluding carboxylic acids is 1. The van der Waals surface area contributed by atoms with Gasteiger partial charge >= 0.3 is 5.97 Å². The molecule has 1 saturated carbocycles. The van der Waals surface area contributed by atoms with Gasteiger partial charge in [0.2, 0.25) is 0 Å². The van der Waals surface area contributed by atoms with Gasteiger partial charge in [-0.05, 0) is 56.4 Å². The molecule has 102 valence electrons. The fraction of sp³-hybridized carbons (Fsp3) is 0.467. The SMILES string of the molecule is Cc1cc(C(=O)C2CCC(C(=O)O)C2)c(C)cc1Br. The first-order valence-electron chi connectivity index (χ1n) is 6.44. The van der Waals surface area contributed by atoms with E-state index in [1.54, 1.807) is 0 Å². The fourth-order valence-corrected chi connectivity index (χ4v) is 3.17. The number of rotatable bonds is 3. The third kappa shape index (κ3) is 2.89. The van der Waals surface area contributed by atoms with Crippen LogP contribution in [-0.2, 0) is 4.79 Å². The van der Waals surface area contributed by atoms with Crippen LogP contribution in [0.5, 0.6) is 0 Å². The molecule has 0 saturated heterocycles. The summed E-state index contributed by atoms with van der Waals surface area (Å²) in [5, 5.41) is 9.00. The molecule has 0 radical (unpaired) electrons. The Bertz CT molecular complexity index is 536. The Labute approximate surface area is 121 Å². The molecule has 1 aromatic rings. The van der Waals surface area contributed by atoms with Gasteiger partial charge in [-0.15, -0.1) is 0 Å². The zero-order chi connectivity index (χ0) is 14.2. The van der Waals surface area contributed by atoms with Crippen LogP contribution < -0.4 is 0 Å². The van der Waals surface area contributed by atoms with Gasteiger partial charge in [0.05, 0.1) is 5.92 Å². The minimum absolute atomic E-state index is 0.0943. The van der Waals surface area contributed by atoms with Gasteiger partial charge in [0.25, 0.3) is 0 Å². The highest BCUT2D eigenvalue weighted by Crippen LogP contribution is 2.34. The Morgan fingerprint density at radius 3 is 2.37 bits per heavy atom. The van der Waals surface area contributed by atoms with Crippen molar-refractivity contribution in [3.05, 3.63) is 33.3 Å². The summed E-state index contributed by atoms with van der Waals surface area (Å²) >= 11 is 3.45. The van der Waals surface area contributed by atoms with Crippen molar-refractivity contribution in [3.63, 3.8) is 0 Å². The van der Waals surface area contributed by atoms with E-state index in [0.717, 1.165) is 21.2 Å². The molecule has 1 aromatic carbocycles. The minimum Gasteiger partial charge on any atom is -0.481 e. The maximum Gasteiger partial charge on any atom is 0.306 e. The van der Waals surface area contributed by atoms with E-state index >= 15 is 0 Å². The lowest BCUT2D eigenvalue weighted by atomic mass is 9.91. The number of hydrogen-bond acceptors (Lipinski definition) is 2. The van der Waals surface area contributed by atoms with Crippen LogP contribution in [0.1, 0.15) is 40.7 Å². The number of Topliss-reactive ketones (excluding diaryl/α,β-unsaturated/α-hetero) is 1. The van der Waals surface area contributed by atoms with Gasteiger partial charge in [-0.25, -0.2) is 0 Å². The number of carboxylic acids is 1. The zero-order valence-corrected chi connectivity index (χ0v) is 12.7. The van der Waals surface area contributed by atoms with Crippen molar-refractivity contribution in [3.8, 4) is 0 Å². The Hall–Kier alpha value is -1.16. The van der Waals surface area contributed by atoms with Gasteiger partial charge in [-0.3, -0.25) is 9.59 Å². The van der Waals surface area contributed by atoms with E-state index in [0.29, 0.717) is 19.3 Å². The van der Waals surface area contributed by atoms with Crippen molar-refractivity contribution in [2.24, 2.45) is 11.8 Å². The Morgan fingerprint density at radius 2 is 1.79 bits per heavy atom. The minimum atomic E-state index is -0.779. The zero-order valence-electron chi connectivity index (χ0n) is 11.1. The summed E-state index contributed by atoms with van der Waals surface area (Å²) < 4.78 is 0.997. The molecule has 0 amide bonds. The average Bonchev–Trinajstić information content (AvgIpc) is 2.82. The van der Waals surface area contributed by atoms with Gasteiger partial charge in [0, 0.05) is 16.0 Å². The first-order chi connectivity index (χ1) is 8.90. The number of carbonyl (C=O) groups is 2. The highest BCUT2D eigenvalue weighted by molar-refractivity contribution is 9.10. The molecule has 0 aliphatic heterocycles. The smallest absolute Gasteiger partial charge is 0.306 e. The lowest BCUT2D eigenvalue weighted by Crippen LogP contribution is -2.15. The van der Waals surface area contributed by atoms with E-state index < -0.39 is 5.97 Å². The third-order valence-electron chi connectivity index (χ3n) is 3.92. The van der Waals surface area contributed by atoms with Crippen LogP contribution in [0.15, 0.2) is 16.6 Å². The summed E-state index contributed by atoms with van der Waals surface area (Å²) in [6.07, 6.45) is 1.77. The summed E-state index contributed by atoms with van der Waals surface area (Å²) in [5.41, 5.74) is 2.71. The first-order valence-corrected chi connectivity index (χ1v) is 7.23. The standard InChI is InChI=1S/C15H17BrO3/c1-8-6-13(16)9(2)5-12(8)14(17)10-3-4-11(7-10)15(18)19/h5-6,10-11H,3-4,7H2,1-2H3,(H,18,19). The van der Waals surface area contributed by atoms with Crippen LogP contribution in [-0.4, -0.2) is 16.9 Å². The molecule has 19 heavy (non-hydrogen) atoms. The summed E-state index contributed by atoms with van der Waals surface area (Å²) in [5.74, 6) is -1.18. The molecule has 0 aromatic heterocycles. The topological polar surface area (TPSA) is 54.4 Å². The summed E-state index contributed by atoms with van der Waals surface area (Å²) in [6, 6.07) is 3.85. The van der Waals surface area contributed by atoms with Gasteiger partial charge in [-0.2, -0.15) is 0 Å². The number of hydrogen-bond donors (Lipinski definition) is 1. The van der Waals surface area contributed by atoms with Crippen molar-refractivity contribution in [1.82, 2.24) is 0 Å². The Morgan fingerprint density at radius 1 is 1.16 bits per heavy atom. The molecule has 4 heteroatoms. The van der Waals surface area contributed by atoms with Crippen LogP contribution in [0.4, 0.5) is 0 Å². The summed E-state index contributed by atoms with van der Waals surface area (Å²) in [4.78, 5) is 23.4. The van der Waals surface area contributed by atoms with Crippen LogP contribution in [0, 0.1) is 25.7 Å². The van der Waals surface area contributed by atoms with Crippen molar-refractivity contribution >= 4 is 27.7 Å². The first kappa shape index (κ1) is 14.3. The lowest BCUT2D eigenvalue weighted by molar-refractivity contribution is -0.141.